The summed E-state index contributed by atoms with van der Waals surface area (Å²) in [6, 6.07) is 4.94. The lowest BCUT2D eigenvalue weighted by Crippen LogP contribution is -2.37. The number of alkyl halides is 3. The molecule has 9 heteroatoms. The van der Waals surface area contributed by atoms with Gasteiger partial charge in [0.05, 0.1) is 12.1 Å². The highest BCUT2D eigenvalue weighted by Crippen LogP contribution is 2.29. The summed E-state index contributed by atoms with van der Waals surface area (Å²) in [7, 11) is 0. The second kappa shape index (κ2) is 12.6. The topological polar surface area (TPSA) is 56.7 Å². The number of nitrogens with one attached hydrogen (secondary N) is 2. The molecule has 2 rings (SSSR count). The van der Waals surface area contributed by atoms with E-state index >= 15 is 0 Å². The average molecular weight is 522 g/mol. The molecule has 2 N–H and O–H groups in total. The summed E-state index contributed by atoms with van der Waals surface area (Å²) in [5, 5.41) is 6.12. The molecule has 1 aliphatic rings. The maximum Gasteiger partial charge on any atom is 0.416 e. The number of hydrogen-bond donors (Lipinski definition) is 2. The molecule has 1 aliphatic heterocycles. The van der Waals surface area contributed by atoms with Gasteiger partial charge in [0, 0.05) is 38.2 Å². The SMILES string of the molecule is CCNC(=NCCCN1CCCC1=O)NCC#Cc1cccc(C(F)(F)F)c1.I. The first-order chi connectivity index (χ1) is 13.4. The van der Waals surface area contributed by atoms with Crippen molar-refractivity contribution in [2.75, 3.05) is 32.7 Å². The minimum absolute atomic E-state index is 0. The number of benzene rings is 1. The number of carbonyl (C=O) groups excluding carboxylic acids is 1. The molecule has 0 atom stereocenters. The molecule has 0 aromatic heterocycles. The van der Waals surface area contributed by atoms with E-state index in [1.165, 1.54) is 6.07 Å². The van der Waals surface area contributed by atoms with Crippen molar-refractivity contribution < 1.29 is 18.0 Å². The lowest BCUT2D eigenvalue weighted by atomic mass is 10.1. The normalized spacial score (nSPS) is 14.1. The highest BCUT2D eigenvalue weighted by molar-refractivity contribution is 14.0. The van der Waals surface area contributed by atoms with Crippen LogP contribution < -0.4 is 10.6 Å². The van der Waals surface area contributed by atoms with Crippen LogP contribution in [0, 0.1) is 11.8 Å². The van der Waals surface area contributed by atoms with E-state index in [4.69, 9.17) is 0 Å². The summed E-state index contributed by atoms with van der Waals surface area (Å²) in [5.41, 5.74) is -0.396. The summed E-state index contributed by atoms with van der Waals surface area (Å²) in [6.45, 7) is 4.97. The van der Waals surface area contributed by atoms with Gasteiger partial charge in [-0.1, -0.05) is 17.9 Å². The summed E-state index contributed by atoms with van der Waals surface area (Å²) >= 11 is 0. The number of guanidine groups is 1. The Bertz CT molecular complexity index is 756. The molecule has 5 nitrogen and oxygen atoms in total. The number of halogens is 4. The highest BCUT2D eigenvalue weighted by atomic mass is 127. The van der Waals surface area contributed by atoms with Gasteiger partial charge in [-0.25, -0.2) is 0 Å². The van der Waals surface area contributed by atoms with E-state index in [0.29, 0.717) is 37.6 Å². The summed E-state index contributed by atoms with van der Waals surface area (Å²) in [5.74, 6) is 6.33. The Morgan fingerprint density at radius 3 is 2.76 bits per heavy atom. The standard InChI is InChI=1S/C20H25F3N4O.HI/c1-2-24-19(26-12-6-14-27-13-5-10-18(27)28)25-11-4-8-16-7-3-9-17(15-16)20(21,22)23;/h3,7,9,15H,2,5-6,10-14H2,1H3,(H2,24,25,26);1H. The van der Waals surface area contributed by atoms with Crippen LogP contribution in [0.4, 0.5) is 13.2 Å². The van der Waals surface area contributed by atoms with E-state index in [1.54, 1.807) is 6.07 Å². The van der Waals surface area contributed by atoms with Crippen molar-refractivity contribution in [1.29, 1.82) is 0 Å². The van der Waals surface area contributed by atoms with Gasteiger partial charge in [0.2, 0.25) is 5.91 Å². The molecule has 1 amide bonds. The molecular weight excluding hydrogens is 496 g/mol. The summed E-state index contributed by atoms with van der Waals surface area (Å²) in [6.07, 6.45) is -2.03. The first-order valence-electron chi connectivity index (χ1n) is 9.36. The van der Waals surface area contributed by atoms with Crippen molar-refractivity contribution in [2.45, 2.75) is 32.4 Å². The Labute approximate surface area is 186 Å². The zero-order valence-electron chi connectivity index (χ0n) is 16.3. The largest absolute Gasteiger partial charge is 0.416 e. The van der Waals surface area contributed by atoms with Gasteiger partial charge >= 0.3 is 6.18 Å². The Hall–Kier alpha value is -1.96. The Kier molecular flexibility index (Phi) is 10.9. The Morgan fingerprint density at radius 2 is 2.10 bits per heavy atom. The summed E-state index contributed by atoms with van der Waals surface area (Å²) < 4.78 is 38.1. The van der Waals surface area contributed by atoms with Gasteiger partial charge in [-0.2, -0.15) is 13.2 Å². The van der Waals surface area contributed by atoms with Gasteiger partial charge in [0.15, 0.2) is 5.96 Å². The van der Waals surface area contributed by atoms with Crippen molar-refractivity contribution >= 4 is 35.8 Å². The molecule has 29 heavy (non-hydrogen) atoms. The van der Waals surface area contributed by atoms with Crippen molar-refractivity contribution in [3.63, 3.8) is 0 Å². The zero-order chi connectivity index (χ0) is 20.4. The maximum absolute atomic E-state index is 12.7. The van der Waals surface area contributed by atoms with Gasteiger partial charge in [-0.3, -0.25) is 9.79 Å². The molecule has 1 aromatic rings. The lowest BCUT2D eigenvalue weighted by Gasteiger charge is -2.14. The van der Waals surface area contributed by atoms with Crippen molar-refractivity contribution in [1.82, 2.24) is 15.5 Å². The predicted octanol–water partition coefficient (Wildman–Crippen LogP) is 3.24. The highest BCUT2D eigenvalue weighted by Gasteiger charge is 2.30. The minimum atomic E-state index is -4.37. The van der Waals surface area contributed by atoms with Gasteiger partial charge in [-0.05, 0) is 38.0 Å². The van der Waals surface area contributed by atoms with E-state index in [2.05, 4.69) is 27.5 Å². The molecule has 1 saturated heterocycles. The van der Waals surface area contributed by atoms with E-state index in [0.717, 1.165) is 31.5 Å². The quantitative estimate of drug-likeness (QED) is 0.198. The molecule has 0 spiro atoms. The number of nitrogens with zero attached hydrogens (tertiary/aromatic N) is 2. The molecule has 1 aromatic carbocycles. The Morgan fingerprint density at radius 1 is 1.31 bits per heavy atom. The number of likely N-dealkylation sites (tertiary alicyclic amines) is 1. The summed E-state index contributed by atoms with van der Waals surface area (Å²) in [4.78, 5) is 17.8. The fraction of sp³-hybridized carbons (Fsp3) is 0.500. The van der Waals surface area contributed by atoms with Gasteiger partial charge < -0.3 is 15.5 Å². The number of carbonyl (C=O) groups is 1. The molecule has 0 unspecified atom stereocenters. The molecular formula is C20H26F3IN4O. The second-order valence-electron chi connectivity index (χ2n) is 6.33. The molecule has 0 saturated carbocycles. The van der Waals surface area contributed by atoms with Crippen LogP contribution in [0.3, 0.4) is 0 Å². The number of aliphatic imine (C=N–C) groups is 1. The molecule has 160 valence electrons. The molecule has 1 fully saturated rings. The molecule has 0 aliphatic carbocycles. The number of amides is 1. The van der Waals surface area contributed by atoms with Crippen LogP contribution in [0.5, 0.6) is 0 Å². The van der Waals surface area contributed by atoms with Gasteiger partial charge in [0.25, 0.3) is 0 Å². The van der Waals surface area contributed by atoms with Crippen LogP contribution in [0.25, 0.3) is 0 Å². The first-order valence-corrected chi connectivity index (χ1v) is 9.36. The molecule has 1 heterocycles. The second-order valence-corrected chi connectivity index (χ2v) is 6.33. The van der Waals surface area contributed by atoms with Crippen LogP contribution in [0.2, 0.25) is 0 Å². The third kappa shape index (κ3) is 8.94. The fourth-order valence-corrected chi connectivity index (χ4v) is 2.78. The molecule has 0 bridgehead atoms. The van der Waals surface area contributed by atoms with Crippen LogP contribution in [0.15, 0.2) is 29.3 Å². The van der Waals surface area contributed by atoms with E-state index in [-0.39, 0.29) is 36.4 Å². The van der Waals surface area contributed by atoms with Crippen LogP contribution in [0.1, 0.15) is 37.3 Å². The van der Waals surface area contributed by atoms with Crippen LogP contribution in [-0.2, 0) is 11.0 Å². The first kappa shape index (κ1) is 25.1. The van der Waals surface area contributed by atoms with Crippen molar-refractivity contribution in [3.05, 3.63) is 35.4 Å². The smallest absolute Gasteiger partial charge is 0.357 e. The van der Waals surface area contributed by atoms with E-state index in [9.17, 15) is 18.0 Å². The number of rotatable bonds is 6. The number of hydrogen-bond acceptors (Lipinski definition) is 2. The third-order valence-corrected chi connectivity index (χ3v) is 4.14. The minimum Gasteiger partial charge on any atom is -0.357 e. The maximum atomic E-state index is 12.7. The van der Waals surface area contributed by atoms with Crippen molar-refractivity contribution in [2.24, 2.45) is 4.99 Å². The van der Waals surface area contributed by atoms with Crippen LogP contribution in [-0.4, -0.2) is 49.5 Å². The van der Waals surface area contributed by atoms with Gasteiger partial charge in [-0.15, -0.1) is 24.0 Å². The lowest BCUT2D eigenvalue weighted by molar-refractivity contribution is -0.137. The molecule has 0 radical (unpaired) electrons. The fourth-order valence-electron chi connectivity index (χ4n) is 2.78. The average Bonchev–Trinajstić information content (AvgIpc) is 3.06. The van der Waals surface area contributed by atoms with Gasteiger partial charge in [0.1, 0.15) is 0 Å². The van der Waals surface area contributed by atoms with Crippen LogP contribution >= 0.6 is 24.0 Å². The van der Waals surface area contributed by atoms with Crippen molar-refractivity contribution in [3.8, 4) is 11.8 Å². The zero-order valence-corrected chi connectivity index (χ0v) is 18.6. The predicted molar refractivity (Wildman–Crippen MR) is 118 cm³/mol. The third-order valence-electron chi connectivity index (χ3n) is 4.14. The van der Waals surface area contributed by atoms with E-state index in [1.807, 2.05) is 11.8 Å². The monoisotopic (exact) mass is 522 g/mol. The Balaban J connectivity index is 0.00000420. The van der Waals surface area contributed by atoms with E-state index < -0.39 is 11.7 Å².